The maximum Gasteiger partial charge on any atom is 0.266 e. The van der Waals surface area contributed by atoms with Crippen LogP contribution < -0.4 is 0 Å². The van der Waals surface area contributed by atoms with Crippen LogP contribution in [0.1, 0.15) is 5.56 Å². The molecule has 0 spiro atoms. The highest BCUT2D eigenvalue weighted by Gasteiger charge is 2.30. The van der Waals surface area contributed by atoms with Gasteiger partial charge >= 0.3 is 0 Å². The van der Waals surface area contributed by atoms with E-state index in [2.05, 4.69) is 15.0 Å². The van der Waals surface area contributed by atoms with Crippen LogP contribution in [-0.4, -0.2) is 33.0 Å². The first kappa shape index (κ1) is 15.0. The Labute approximate surface area is 146 Å². The largest absolute Gasteiger partial charge is 0.289 e. The number of thioether (sulfide) groups is 1. The molecule has 24 heavy (non-hydrogen) atoms. The molecule has 0 radical (unpaired) electrons. The molecule has 2 aromatic heterocycles. The molecule has 0 saturated carbocycles. The van der Waals surface area contributed by atoms with Crippen molar-refractivity contribution in [2.24, 2.45) is 4.99 Å². The van der Waals surface area contributed by atoms with Crippen LogP contribution in [-0.2, 0) is 4.79 Å². The van der Waals surface area contributed by atoms with E-state index in [9.17, 15) is 4.79 Å². The van der Waals surface area contributed by atoms with E-state index >= 15 is 0 Å². The Bertz CT molecular complexity index is 979. The number of aromatic nitrogens is 2. The minimum Gasteiger partial charge on any atom is -0.289 e. The number of thiazole rings is 1. The molecule has 7 heteroatoms. The average Bonchev–Trinajstić information content (AvgIpc) is 3.20. The minimum absolute atomic E-state index is 0.0541. The lowest BCUT2D eigenvalue weighted by molar-refractivity contribution is -0.121. The maximum absolute atomic E-state index is 12.4. The second-order valence-corrected chi connectivity index (χ2v) is 7.02. The summed E-state index contributed by atoms with van der Waals surface area (Å²) in [4.78, 5) is 27.5. The highest BCUT2D eigenvalue weighted by atomic mass is 32.2. The fourth-order valence-electron chi connectivity index (χ4n) is 2.34. The van der Waals surface area contributed by atoms with Gasteiger partial charge in [0.15, 0.2) is 5.17 Å². The number of hydrogen-bond donors (Lipinski definition) is 0. The Morgan fingerprint density at radius 1 is 1.21 bits per heavy atom. The first-order valence-corrected chi connectivity index (χ1v) is 8.91. The lowest BCUT2D eigenvalue weighted by atomic mass is 10.1. The fraction of sp³-hybridized carbons (Fsp3) is 0.0588. The van der Waals surface area contributed by atoms with Crippen LogP contribution in [0.3, 0.4) is 0 Å². The molecule has 1 aromatic carbocycles. The van der Waals surface area contributed by atoms with Crippen LogP contribution in [0.4, 0.5) is 5.13 Å². The summed E-state index contributed by atoms with van der Waals surface area (Å²) in [6, 6.07) is 9.86. The number of likely N-dealkylation sites (N-methyl/N-ethyl adjacent to an activating group) is 1. The summed E-state index contributed by atoms with van der Waals surface area (Å²) in [6.45, 7) is 0. The number of hydrogen-bond acceptors (Lipinski definition) is 6. The van der Waals surface area contributed by atoms with Gasteiger partial charge in [0, 0.05) is 30.2 Å². The first-order chi connectivity index (χ1) is 11.7. The lowest BCUT2D eigenvalue weighted by Gasteiger charge is -2.05. The number of fused-ring (bicyclic) bond motifs is 1. The summed E-state index contributed by atoms with van der Waals surface area (Å²) in [5.74, 6) is -0.0541. The van der Waals surface area contributed by atoms with Crippen molar-refractivity contribution < 1.29 is 4.79 Å². The van der Waals surface area contributed by atoms with Gasteiger partial charge < -0.3 is 0 Å². The third kappa shape index (κ3) is 2.83. The fourth-order valence-corrected chi connectivity index (χ4v) is 3.87. The SMILES string of the molecule is CN1C(=O)/C(=C\c2ccc3ncccc3c2)SC1=Nc1nccs1. The summed E-state index contributed by atoms with van der Waals surface area (Å²) < 4.78 is 0. The second-order valence-electron chi connectivity index (χ2n) is 5.14. The molecule has 5 nitrogen and oxygen atoms in total. The number of pyridine rings is 1. The molecule has 0 N–H and O–H groups in total. The summed E-state index contributed by atoms with van der Waals surface area (Å²) >= 11 is 2.81. The molecule has 0 atom stereocenters. The zero-order valence-corrected chi connectivity index (χ0v) is 14.3. The highest BCUT2D eigenvalue weighted by molar-refractivity contribution is 8.18. The molecule has 1 fully saturated rings. The number of benzene rings is 1. The third-order valence-electron chi connectivity index (χ3n) is 3.54. The Morgan fingerprint density at radius 2 is 2.12 bits per heavy atom. The predicted molar refractivity (Wildman–Crippen MR) is 99.3 cm³/mol. The van der Waals surface area contributed by atoms with E-state index < -0.39 is 0 Å². The quantitative estimate of drug-likeness (QED) is 0.656. The number of carbonyl (C=O) groups excluding carboxylic acids is 1. The smallest absolute Gasteiger partial charge is 0.266 e. The predicted octanol–water partition coefficient (Wildman–Crippen LogP) is 3.93. The lowest BCUT2D eigenvalue weighted by Crippen LogP contribution is -2.23. The molecule has 3 aromatic rings. The topological polar surface area (TPSA) is 58.5 Å². The van der Waals surface area contributed by atoms with Crippen molar-refractivity contribution in [3.8, 4) is 0 Å². The van der Waals surface area contributed by atoms with E-state index in [1.54, 1.807) is 24.3 Å². The van der Waals surface area contributed by atoms with Gasteiger partial charge in [0.1, 0.15) is 0 Å². The summed E-state index contributed by atoms with van der Waals surface area (Å²) in [5.41, 5.74) is 1.91. The van der Waals surface area contributed by atoms with Gasteiger partial charge in [-0.05, 0) is 41.6 Å². The van der Waals surface area contributed by atoms with E-state index in [1.165, 1.54) is 23.1 Å². The normalized spacial score (nSPS) is 18.2. The minimum atomic E-state index is -0.0541. The number of rotatable bonds is 2. The van der Waals surface area contributed by atoms with Crippen LogP contribution in [0.15, 0.2) is 58.0 Å². The van der Waals surface area contributed by atoms with E-state index in [0.717, 1.165) is 16.5 Å². The van der Waals surface area contributed by atoms with Crippen molar-refractivity contribution in [3.05, 3.63) is 58.6 Å². The molecule has 4 rings (SSSR count). The van der Waals surface area contributed by atoms with E-state index in [-0.39, 0.29) is 5.91 Å². The van der Waals surface area contributed by atoms with Crippen molar-refractivity contribution in [2.75, 3.05) is 7.05 Å². The molecular weight excluding hydrogens is 340 g/mol. The van der Waals surface area contributed by atoms with Crippen LogP contribution in [0.25, 0.3) is 17.0 Å². The van der Waals surface area contributed by atoms with Crippen molar-refractivity contribution >= 4 is 56.3 Å². The van der Waals surface area contributed by atoms with Gasteiger partial charge in [0.05, 0.1) is 10.4 Å². The Morgan fingerprint density at radius 3 is 2.96 bits per heavy atom. The monoisotopic (exact) mass is 352 g/mol. The number of carbonyl (C=O) groups is 1. The zero-order valence-electron chi connectivity index (χ0n) is 12.7. The molecule has 1 aliphatic heterocycles. The standard InChI is InChI=1S/C17H12N4OS2/c1-21-15(22)14(24-17(21)20-16-19-7-8-23-16)10-11-4-5-13-12(9-11)3-2-6-18-13/h2-10H,1H3/b14-10+,20-17?. The maximum atomic E-state index is 12.4. The molecular formula is C17H12N4OS2. The van der Waals surface area contributed by atoms with Crippen molar-refractivity contribution in [2.45, 2.75) is 0 Å². The Balaban J connectivity index is 1.67. The van der Waals surface area contributed by atoms with Gasteiger partial charge in [0.2, 0.25) is 5.13 Å². The van der Waals surface area contributed by atoms with Crippen LogP contribution in [0.2, 0.25) is 0 Å². The van der Waals surface area contributed by atoms with Gasteiger partial charge in [-0.1, -0.05) is 12.1 Å². The molecule has 0 aliphatic carbocycles. The second kappa shape index (κ2) is 6.18. The van der Waals surface area contributed by atoms with Gasteiger partial charge in [0.25, 0.3) is 5.91 Å². The van der Waals surface area contributed by atoms with E-state index in [0.29, 0.717) is 15.2 Å². The number of nitrogens with zero attached hydrogens (tertiary/aromatic N) is 4. The van der Waals surface area contributed by atoms with E-state index in [1.807, 2.05) is 41.8 Å². The van der Waals surface area contributed by atoms with Crippen molar-refractivity contribution in [1.29, 1.82) is 0 Å². The van der Waals surface area contributed by atoms with Gasteiger partial charge in [-0.3, -0.25) is 14.7 Å². The van der Waals surface area contributed by atoms with Crippen LogP contribution in [0.5, 0.6) is 0 Å². The average molecular weight is 352 g/mol. The molecule has 1 saturated heterocycles. The number of aliphatic imine (C=N–C) groups is 1. The summed E-state index contributed by atoms with van der Waals surface area (Å²) in [7, 11) is 1.73. The van der Waals surface area contributed by atoms with Gasteiger partial charge in [-0.15, -0.1) is 11.3 Å². The van der Waals surface area contributed by atoms with E-state index in [4.69, 9.17) is 0 Å². The first-order valence-electron chi connectivity index (χ1n) is 7.21. The molecule has 118 valence electrons. The Hall–Kier alpha value is -2.51. The van der Waals surface area contributed by atoms with Crippen molar-refractivity contribution in [1.82, 2.24) is 14.9 Å². The van der Waals surface area contributed by atoms with Gasteiger partial charge in [-0.2, -0.15) is 4.99 Å². The third-order valence-corrected chi connectivity index (χ3v) is 5.26. The molecule has 1 aliphatic rings. The number of amidine groups is 1. The van der Waals surface area contributed by atoms with Gasteiger partial charge in [-0.25, -0.2) is 4.98 Å². The summed E-state index contributed by atoms with van der Waals surface area (Å²) in [5, 5.41) is 4.20. The Kier molecular flexibility index (Phi) is 3.87. The molecule has 3 heterocycles. The zero-order chi connectivity index (χ0) is 16.5. The van der Waals surface area contributed by atoms with Crippen LogP contribution >= 0.6 is 23.1 Å². The molecule has 0 bridgehead atoms. The summed E-state index contributed by atoms with van der Waals surface area (Å²) in [6.07, 6.45) is 5.36. The highest BCUT2D eigenvalue weighted by Crippen LogP contribution is 2.33. The van der Waals surface area contributed by atoms with Crippen molar-refractivity contribution in [3.63, 3.8) is 0 Å². The molecule has 0 unspecified atom stereocenters. The molecule has 1 amide bonds. The number of amides is 1. The van der Waals surface area contributed by atoms with Crippen LogP contribution in [0, 0.1) is 0 Å².